The van der Waals surface area contributed by atoms with Crippen LogP contribution in [0.4, 0.5) is 5.69 Å². The van der Waals surface area contributed by atoms with Gasteiger partial charge < -0.3 is 10.2 Å². The second kappa shape index (κ2) is 8.36. The molecule has 1 aromatic carbocycles. The van der Waals surface area contributed by atoms with Gasteiger partial charge in [-0.25, -0.2) is 0 Å². The molecule has 0 aliphatic carbocycles. The normalized spacial score (nSPS) is 13.4. The molecule has 0 bridgehead atoms. The third-order valence-corrected chi connectivity index (χ3v) is 4.44. The number of hydrogen-bond donors (Lipinski definition) is 2. The summed E-state index contributed by atoms with van der Waals surface area (Å²) in [5, 5.41) is 3.34. The van der Waals surface area contributed by atoms with Gasteiger partial charge >= 0.3 is 0 Å². The number of nitrogens with zero attached hydrogens (tertiary/aromatic N) is 1. The van der Waals surface area contributed by atoms with Gasteiger partial charge in [0.05, 0.1) is 4.90 Å². The molecule has 0 amide bonds. The fourth-order valence-electron chi connectivity index (χ4n) is 2.24. The fourth-order valence-corrected chi connectivity index (χ4v) is 2.72. The summed E-state index contributed by atoms with van der Waals surface area (Å²) in [4.78, 5) is 2.32. The Bertz CT molecular complexity index is 510. The van der Waals surface area contributed by atoms with Crippen molar-refractivity contribution in [1.82, 2.24) is 4.90 Å². The fraction of sp³-hybridized carbons (Fsp3) is 0.600. The van der Waals surface area contributed by atoms with Crippen LogP contribution in [0, 0.1) is 0 Å². The van der Waals surface area contributed by atoms with Crippen LogP contribution in [-0.2, 0) is 10.1 Å². The van der Waals surface area contributed by atoms with E-state index < -0.39 is 10.1 Å². The summed E-state index contributed by atoms with van der Waals surface area (Å²) in [6.07, 6.45) is 2.18. The van der Waals surface area contributed by atoms with Crippen molar-refractivity contribution >= 4 is 15.8 Å². The minimum Gasteiger partial charge on any atom is -0.383 e. The maximum absolute atomic E-state index is 11.0. The molecule has 6 heteroatoms. The molecule has 1 unspecified atom stereocenters. The van der Waals surface area contributed by atoms with Crippen molar-refractivity contribution in [2.75, 3.05) is 25.0 Å². The van der Waals surface area contributed by atoms with Gasteiger partial charge in [0.2, 0.25) is 0 Å². The second-order valence-corrected chi connectivity index (χ2v) is 6.64. The Morgan fingerprint density at radius 2 is 1.76 bits per heavy atom. The average molecular weight is 314 g/mol. The number of nitrogens with one attached hydrogen (secondary N) is 1. The van der Waals surface area contributed by atoms with Gasteiger partial charge in [0.25, 0.3) is 10.1 Å². The van der Waals surface area contributed by atoms with E-state index in [1.54, 1.807) is 12.1 Å². The predicted octanol–water partition coefficient (Wildman–Crippen LogP) is 2.86. The standard InChI is InChI=1S/C15H26N2O3S/c1-4-17(5-2)12-6-7-13(3)16-14-8-10-15(11-9-14)21(18,19)20/h8-11,13,16H,4-7,12H2,1-3H3,(H,18,19,20). The van der Waals surface area contributed by atoms with Crippen molar-refractivity contribution in [2.24, 2.45) is 0 Å². The third-order valence-electron chi connectivity index (χ3n) is 3.57. The maximum atomic E-state index is 11.0. The molecular formula is C15H26N2O3S. The second-order valence-electron chi connectivity index (χ2n) is 5.21. The molecule has 21 heavy (non-hydrogen) atoms. The number of anilines is 1. The number of hydrogen-bond acceptors (Lipinski definition) is 4. The van der Waals surface area contributed by atoms with Crippen molar-refractivity contribution in [3.63, 3.8) is 0 Å². The summed E-state index contributed by atoms with van der Waals surface area (Å²) in [6.45, 7) is 9.70. The van der Waals surface area contributed by atoms with Crippen LogP contribution in [0.3, 0.4) is 0 Å². The van der Waals surface area contributed by atoms with E-state index >= 15 is 0 Å². The minimum atomic E-state index is -4.11. The molecule has 0 saturated carbocycles. The van der Waals surface area contributed by atoms with Crippen LogP contribution in [0.1, 0.15) is 33.6 Å². The molecular weight excluding hydrogens is 288 g/mol. The summed E-state index contributed by atoms with van der Waals surface area (Å²) in [5.41, 5.74) is 0.859. The van der Waals surface area contributed by atoms with Crippen LogP contribution < -0.4 is 5.32 Å². The van der Waals surface area contributed by atoms with Gasteiger partial charge in [-0.05, 0) is 63.7 Å². The van der Waals surface area contributed by atoms with Gasteiger partial charge in [0.15, 0.2) is 0 Å². The lowest BCUT2D eigenvalue weighted by Crippen LogP contribution is -2.25. The molecule has 0 aliphatic rings. The third kappa shape index (κ3) is 6.46. The van der Waals surface area contributed by atoms with Crippen LogP contribution in [0.25, 0.3) is 0 Å². The Morgan fingerprint density at radius 1 is 1.19 bits per heavy atom. The molecule has 2 N–H and O–H groups in total. The first kappa shape index (κ1) is 17.9. The van der Waals surface area contributed by atoms with Crippen LogP contribution >= 0.6 is 0 Å². The van der Waals surface area contributed by atoms with Gasteiger partial charge in [-0.3, -0.25) is 4.55 Å². The van der Waals surface area contributed by atoms with Gasteiger partial charge in [-0.15, -0.1) is 0 Å². The molecule has 0 spiro atoms. The number of rotatable bonds is 9. The van der Waals surface area contributed by atoms with Crippen LogP contribution in [0.5, 0.6) is 0 Å². The van der Waals surface area contributed by atoms with Crippen molar-refractivity contribution in [3.8, 4) is 0 Å². The van der Waals surface area contributed by atoms with E-state index in [4.69, 9.17) is 4.55 Å². The highest BCUT2D eigenvalue weighted by atomic mass is 32.2. The van der Waals surface area contributed by atoms with E-state index in [9.17, 15) is 8.42 Å². The predicted molar refractivity (Wildman–Crippen MR) is 86.4 cm³/mol. The molecule has 5 nitrogen and oxygen atoms in total. The van der Waals surface area contributed by atoms with Gasteiger partial charge in [-0.1, -0.05) is 13.8 Å². The zero-order valence-electron chi connectivity index (χ0n) is 13.0. The lowest BCUT2D eigenvalue weighted by Gasteiger charge is -2.20. The molecule has 0 fully saturated rings. The van der Waals surface area contributed by atoms with E-state index in [2.05, 4.69) is 31.0 Å². The zero-order chi connectivity index (χ0) is 15.9. The smallest absolute Gasteiger partial charge is 0.294 e. The van der Waals surface area contributed by atoms with Gasteiger partial charge in [0.1, 0.15) is 0 Å². The molecule has 0 aliphatic heterocycles. The zero-order valence-corrected chi connectivity index (χ0v) is 13.9. The molecule has 1 rings (SSSR count). The van der Waals surface area contributed by atoms with Crippen molar-refractivity contribution in [2.45, 2.75) is 44.6 Å². The Labute approximate surface area is 128 Å². The maximum Gasteiger partial charge on any atom is 0.294 e. The summed E-state index contributed by atoms with van der Waals surface area (Å²) in [7, 11) is -4.11. The van der Waals surface area contributed by atoms with Crippen LogP contribution in [0.15, 0.2) is 29.2 Å². The van der Waals surface area contributed by atoms with Crippen LogP contribution in [-0.4, -0.2) is 43.5 Å². The lowest BCUT2D eigenvalue weighted by atomic mass is 10.1. The summed E-state index contributed by atoms with van der Waals surface area (Å²) in [5.74, 6) is 0. The van der Waals surface area contributed by atoms with Crippen molar-refractivity contribution in [1.29, 1.82) is 0 Å². The van der Waals surface area contributed by atoms with Crippen LogP contribution in [0.2, 0.25) is 0 Å². The highest BCUT2D eigenvalue weighted by molar-refractivity contribution is 7.85. The first-order valence-electron chi connectivity index (χ1n) is 7.43. The van der Waals surface area contributed by atoms with E-state index in [1.807, 2.05) is 0 Å². The summed E-state index contributed by atoms with van der Waals surface area (Å²) >= 11 is 0. The van der Waals surface area contributed by atoms with Gasteiger partial charge in [-0.2, -0.15) is 8.42 Å². The Kier molecular flexibility index (Phi) is 7.14. The summed E-state index contributed by atoms with van der Waals surface area (Å²) < 4.78 is 30.8. The Balaban J connectivity index is 2.43. The SMILES string of the molecule is CCN(CC)CCCC(C)Nc1ccc(S(=O)(=O)O)cc1. The molecule has 0 radical (unpaired) electrons. The molecule has 0 aromatic heterocycles. The molecule has 1 atom stereocenters. The lowest BCUT2D eigenvalue weighted by molar-refractivity contribution is 0.295. The topological polar surface area (TPSA) is 69.6 Å². The highest BCUT2D eigenvalue weighted by Gasteiger charge is 2.09. The van der Waals surface area contributed by atoms with E-state index in [0.717, 1.165) is 38.2 Å². The van der Waals surface area contributed by atoms with Gasteiger partial charge in [0, 0.05) is 11.7 Å². The Morgan fingerprint density at radius 3 is 2.24 bits per heavy atom. The molecule has 0 saturated heterocycles. The quantitative estimate of drug-likeness (QED) is 0.686. The van der Waals surface area contributed by atoms with E-state index in [1.165, 1.54) is 12.1 Å². The number of benzene rings is 1. The summed E-state index contributed by atoms with van der Waals surface area (Å²) in [6, 6.07) is 6.46. The Hall–Kier alpha value is -1.11. The molecule has 0 heterocycles. The first-order chi connectivity index (χ1) is 9.86. The minimum absolute atomic E-state index is 0.0813. The highest BCUT2D eigenvalue weighted by Crippen LogP contribution is 2.15. The first-order valence-corrected chi connectivity index (χ1v) is 8.87. The van der Waals surface area contributed by atoms with E-state index in [0.29, 0.717) is 6.04 Å². The van der Waals surface area contributed by atoms with Crippen molar-refractivity contribution in [3.05, 3.63) is 24.3 Å². The largest absolute Gasteiger partial charge is 0.383 e. The monoisotopic (exact) mass is 314 g/mol. The van der Waals surface area contributed by atoms with E-state index in [-0.39, 0.29) is 4.90 Å². The molecule has 1 aromatic rings. The molecule has 120 valence electrons. The average Bonchev–Trinajstić information content (AvgIpc) is 2.43. The van der Waals surface area contributed by atoms with Crippen molar-refractivity contribution < 1.29 is 13.0 Å².